The number of phenolic OH excluding ortho intramolecular Hbond substituents is 1. The summed E-state index contributed by atoms with van der Waals surface area (Å²) in [6, 6.07) is 20.6. The Morgan fingerprint density at radius 1 is 0.852 bits per heavy atom. The van der Waals surface area contributed by atoms with Crippen LogP contribution in [0.15, 0.2) is 99.5 Å². The minimum absolute atomic E-state index is 0.0173. The molecule has 274 valence electrons. The van der Waals surface area contributed by atoms with Crippen molar-refractivity contribution in [1.82, 2.24) is 0 Å². The summed E-state index contributed by atoms with van der Waals surface area (Å²) in [4.78, 5) is 72.9. The first-order valence-corrected chi connectivity index (χ1v) is 18.9. The third-order valence-corrected chi connectivity index (χ3v) is 13.7. The van der Waals surface area contributed by atoms with Gasteiger partial charge < -0.3 is 20.1 Å². The highest BCUT2D eigenvalue weighted by Crippen LogP contribution is 2.66. The van der Waals surface area contributed by atoms with E-state index in [0.717, 1.165) is 21.9 Å². The molecule has 0 spiro atoms. The Balaban J connectivity index is 1.37. The summed E-state index contributed by atoms with van der Waals surface area (Å²) in [5.41, 5.74) is 0.0504. The van der Waals surface area contributed by atoms with E-state index in [1.165, 1.54) is 13.2 Å². The van der Waals surface area contributed by atoms with Crippen LogP contribution in [0.2, 0.25) is 5.02 Å². The zero-order chi connectivity index (χ0) is 38.4. The number of allylic oxidation sites excluding steroid dienone is 2. The molecule has 54 heavy (non-hydrogen) atoms. The van der Waals surface area contributed by atoms with Crippen LogP contribution in [-0.2, 0) is 24.6 Å². The molecule has 2 aliphatic carbocycles. The maximum Gasteiger partial charge on any atom is 0.339 e. The van der Waals surface area contributed by atoms with Crippen LogP contribution in [0, 0.1) is 23.7 Å². The fourth-order valence-electron chi connectivity index (χ4n) is 9.16. The van der Waals surface area contributed by atoms with E-state index in [4.69, 9.17) is 16.3 Å². The number of halogens is 3. The Morgan fingerprint density at radius 2 is 1.57 bits per heavy atom. The highest BCUT2D eigenvalue weighted by molar-refractivity contribution is 9.13. The number of anilines is 2. The Bertz CT molecular complexity index is 2370. The fraction of sp³-hybridized carbons (Fsp3) is 0.225. The molecule has 3 fully saturated rings. The number of rotatable bonds is 6. The number of imide groups is 2. The van der Waals surface area contributed by atoms with Crippen molar-refractivity contribution >= 4 is 84.4 Å². The van der Waals surface area contributed by atoms with Crippen LogP contribution in [0.3, 0.4) is 0 Å². The number of hydrogen-bond donors (Lipinski definition) is 3. The number of carbonyl (C=O) groups is 5. The maximum atomic E-state index is 15.5. The molecule has 4 aromatic carbocycles. The number of methoxy groups -OCH3 is 1. The van der Waals surface area contributed by atoms with Crippen LogP contribution in [-0.4, -0.2) is 52.0 Å². The molecule has 6 atom stereocenters. The molecule has 14 heteroatoms. The van der Waals surface area contributed by atoms with Crippen LogP contribution in [0.25, 0.3) is 0 Å². The zero-order valence-electron chi connectivity index (χ0n) is 28.2. The van der Waals surface area contributed by atoms with Crippen molar-refractivity contribution in [1.29, 1.82) is 0 Å². The van der Waals surface area contributed by atoms with E-state index >= 15 is 4.79 Å². The predicted molar refractivity (Wildman–Crippen MR) is 204 cm³/mol. The third-order valence-electron chi connectivity index (χ3n) is 11.3. The lowest BCUT2D eigenvalue weighted by Gasteiger charge is -2.51. The Morgan fingerprint density at radius 3 is 2.24 bits per heavy atom. The third kappa shape index (κ3) is 5.01. The van der Waals surface area contributed by atoms with Gasteiger partial charge in [0.05, 0.1) is 46.1 Å². The average molecular weight is 877 g/mol. The summed E-state index contributed by atoms with van der Waals surface area (Å²) in [5.74, 6) is -8.65. The highest BCUT2D eigenvalue weighted by Gasteiger charge is 2.70. The largest absolute Gasteiger partial charge is 0.507 e. The topological polar surface area (TPSA) is 162 Å². The fourth-order valence-corrected chi connectivity index (χ4v) is 10.3. The number of hydrogen-bond acceptors (Lipinski definition) is 8. The number of ether oxygens (including phenoxy) is 1. The van der Waals surface area contributed by atoms with Crippen molar-refractivity contribution in [2.24, 2.45) is 23.7 Å². The molecule has 2 aliphatic heterocycles. The minimum atomic E-state index is -1.58. The van der Waals surface area contributed by atoms with Crippen molar-refractivity contribution < 1.29 is 44.0 Å². The van der Waals surface area contributed by atoms with E-state index in [1.54, 1.807) is 54.6 Å². The number of aromatic carboxylic acids is 1. The molecule has 2 saturated heterocycles. The number of carbonyl (C=O) groups excluding carboxylic acids is 4. The minimum Gasteiger partial charge on any atom is -0.507 e. The number of amides is 4. The van der Waals surface area contributed by atoms with Crippen LogP contribution < -0.4 is 14.5 Å². The van der Waals surface area contributed by atoms with Gasteiger partial charge in [-0.3, -0.25) is 19.2 Å². The molecule has 3 N–H and O–H groups in total. The summed E-state index contributed by atoms with van der Waals surface area (Å²) >= 11 is 13.6. The van der Waals surface area contributed by atoms with Crippen molar-refractivity contribution in [2.45, 2.75) is 24.2 Å². The van der Waals surface area contributed by atoms with Gasteiger partial charge in [-0.2, -0.15) is 0 Å². The summed E-state index contributed by atoms with van der Waals surface area (Å²) in [7, 11) is 1.40. The summed E-state index contributed by atoms with van der Waals surface area (Å²) in [6.07, 6.45) is 2.04. The van der Waals surface area contributed by atoms with Gasteiger partial charge in [0.1, 0.15) is 11.3 Å². The molecular formula is C40H29Br2ClN2O9. The van der Waals surface area contributed by atoms with Crippen LogP contribution in [0.1, 0.15) is 40.2 Å². The van der Waals surface area contributed by atoms with Gasteiger partial charge in [-0.15, -0.1) is 0 Å². The number of carboxylic acid groups (broad SMARTS) is 1. The quantitative estimate of drug-likeness (QED) is 0.133. The van der Waals surface area contributed by atoms with Gasteiger partial charge in [-0.1, -0.05) is 59.6 Å². The molecule has 11 nitrogen and oxygen atoms in total. The van der Waals surface area contributed by atoms with Gasteiger partial charge in [0, 0.05) is 21.5 Å². The maximum absolute atomic E-state index is 15.5. The molecule has 0 aromatic heterocycles. The predicted octanol–water partition coefficient (Wildman–Crippen LogP) is 7.35. The molecule has 4 aromatic rings. The summed E-state index contributed by atoms with van der Waals surface area (Å²) in [5, 5.41) is 31.3. The number of carboxylic acids is 1. The van der Waals surface area contributed by atoms with Crippen molar-refractivity contribution in [3.63, 3.8) is 0 Å². The molecule has 4 aliphatic rings. The average Bonchev–Trinajstić information content (AvgIpc) is 3.55. The summed E-state index contributed by atoms with van der Waals surface area (Å²) < 4.78 is 6.23. The van der Waals surface area contributed by atoms with Crippen LogP contribution in [0.5, 0.6) is 17.2 Å². The van der Waals surface area contributed by atoms with Crippen LogP contribution >= 0.6 is 43.5 Å². The highest BCUT2D eigenvalue weighted by atomic mass is 79.9. The normalized spacial score (nSPS) is 26.0. The van der Waals surface area contributed by atoms with E-state index < -0.39 is 70.4 Å². The first-order chi connectivity index (χ1) is 25.8. The van der Waals surface area contributed by atoms with Gasteiger partial charge in [0.25, 0.3) is 0 Å². The molecular weight excluding hydrogens is 848 g/mol. The van der Waals surface area contributed by atoms with Gasteiger partial charge in [-0.05, 0) is 98.1 Å². The van der Waals surface area contributed by atoms with Gasteiger partial charge >= 0.3 is 5.97 Å². The monoisotopic (exact) mass is 874 g/mol. The molecule has 0 radical (unpaired) electrons. The van der Waals surface area contributed by atoms with Crippen molar-refractivity contribution in [3.05, 3.63) is 121 Å². The first kappa shape index (κ1) is 36.0. The van der Waals surface area contributed by atoms with E-state index in [2.05, 4.69) is 31.9 Å². The molecule has 0 unspecified atom stereocenters. The van der Waals surface area contributed by atoms with E-state index in [1.807, 2.05) is 12.1 Å². The number of aromatic hydroxyl groups is 2. The van der Waals surface area contributed by atoms with Gasteiger partial charge in [0.2, 0.25) is 23.6 Å². The smallest absolute Gasteiger partial charge is 0.339 e. The second-order valence-corrected chi connectivity index (χ2v) is 15.8. The van der Waals surface area contributed by atoms with E-state index in [-0.39, 0.29) is 45.8 Å². The molecule has 2 heterocycles. The van der Waals surface area contributed by atoms with Crippen molar-refractivity contribution in [2.75, 3.05) is 16.9 Å². The van der Waals surface area contributed by atoms with Gasteiger partial charge in [0.15, 0.2) is 11.5 Å². The molecule has 1 saturated carbocycles. The number of nitrogens with zero attached hydrogens (tertiary/aromatic N) is 2. The zero-order valence-corrected chi connectivity index (χ0v) is 32.1. The molecule has 8 rings (SSSR count). The Kier molecular flexibility index (Phi) is 8.74. The summed E-state index contributed by atoms with van der Waals surface area (Å²) in [6.45, 7) is 0. The Hall–Kier alpha value is -4.98. The number of benzene rings is 4. The van der Waals surface area contributed by atoms with E-state index in [9.17, 15) is 34.5 Å². The number of phenols is 2. The van der Waals surface area contributed by atoms with Crippen molar-refractivity contribution in [3.8, 4) is 17.2 Å². The van der Waals surface area contributed by atoms with Crippen LogP contribution in [0.4, 0.5) is 11.4 Å². The van der Waals surface area contributed by atoms with Gasteiger partial charge in [-0.25, -0.2) is 14.6 Å². The standard InChI is InChI=1S/C40H29Br2ClN2O9/c1-54-29-17-26(32(41)33(42)34(29)47)31-22-12-13-24-30(37(50)44(35(24)48)21-10-11-23(38(51)52)28(46)15-21)25(22)16-27-36(49)45(20-9-5-8-19(43)14-20)39(53)40(27,31)18-6-3-2-4-7-18/h2-12,14-15,17,24-25,27,30-31,46-47H,13,16H2,1H3,(H,51,52)/t24-,25+,27-,30-,31+,40+/m0/s1. The lowest BCUT2D eigenvalue weighted by molar-refractivity contribution is -0.127. The second kappa shape index (κ2) is 13.1. The Labute approximate surface area is 330 Å². The molecule has 0 bridgehead atoms. The molecule has 4 amide bonds. The SMILES string of the molecule is COc1cc([C@H]2C3=CC[C@@H]4C(=O)N(c5ccc(C(=O)O)c(O)c5)C(=O)[C@@H]4[C@@H]3C[C@H]3C(=O)N(c4cccc(Cl)c4)C(=O)[C@@]23c2ccccc2)c(Br)c(Br)c1O. The lowest BCUT2D eigenvalue weighted by Crippen LogP contribution is -2.53. The first-order valence-electron chi connectivity index (χ1n) is 16.9. The lowest BCUT2D eigenvalue weighted by atomic mass is 9.49. The second-order valence-electron chi connectivity index (χ2n) is 13.8. The van der Waals surface area contributed by atoms with E-state index in [0.29, 0.717) is 26.2 Å². The number of fused-ring (bicyclic) bond motifs is 4.